The molecule has 0 saturated heterocycles. The number of halogens is 3. The van der Waals surface area contributed by atoms with Crippen molar-refractivity contribution in [1.82, 2.24) is 0 Å². The number of nitrogens with two attached hydrogens (primary N) is 1. The van der Waals surface area contributed by atoms with Gasteiger partial charge in [-0.2, -0.15) is 0 Å². The Labute approximate surface area is 87.1 Å². The Kier molecular flexibility index (Phi) is 3.74. The van der Waals surface area contributed by atoms with Crippen LogP contribution in [0.15, 0.2) is 12.1 Å². The Bertz CT molecular complexity index is 327. The standard InChI is InChI=1S/C11H14F3N/c1-6(2)3-10(15)11-8(13)4-7(12)5-9(11)14/h4-6,10H,3,15H2,1-2H3/t10-/m1/s1. The van der Waals surface area contributed by atoms with E-state index in [2.05, 4.69) is 0 Å². The first-order valence-electron chi connectivity index (χ1n) is 4.81. The molecule has 0 aliphatic carbocycles. The predicted octanol–water partition coefficient (Wildman–Crippen LogP) is 3.15. The summed E-state index contributed by atoms with van der Waals surface area (Å²) in [6, 6.07) is 0.572. The zero-order chi connectivity index (χ0) is 11.6. The van der Waals surface area contributed by atoms with Gasteiger partial charge in [0.05, 0.1) is 0 Å². The third-order valence-corrected chi connectivity index (χ3v) is 2.14. The Balaban J connectivity index is 3.03. The van der Waals surface area contributed by atoms with Gasteiger partial charge >= 0.3 is 0 Å². The van der Waals surface area contributed by atoms with Gasteiger partial charge in [-0.25, -0.2) is 13.2 Å². The van der Waals surface area contributed by atoms with Crippen LogP contribution < -0.4 is 5.73 Å². The smallest absolute Gasteiger partial charge is 0.133 e. The van der Waals surface area contributed by atoms with Crippen molar-refractivity contribution < 1.29 is 13.2 Å². The van der Waals surface area contributed by atoms with E-state index in [0.29, 0.717) is 18.6 Å². The SMILES string of the molecule is CC(C)C[C@@H](N)c1c(F)cc(F)cc1F. The van der Waals surface area contributed by atoms with Gasteiger partial charge in [-0.05, 0) is 12.3 Å². The minimum absolute atomic E-state index is 0.226. The highest BCUT2D eigenvalue weighted by molar-refractivity contribution is 5.23. The third kappa shape index (κ3) is 2.96. The van der Waals surface area contributed by atoms with E-state index in [9.17, 15) is 13.2 Å². The van der Waals surface area contributed by atoms with Crippen molar-refractivity contribution in [3.8, 4) is 0 Å². The lowest BCUT2D eigenvalue weighted by atomic mass is 9.97. The molecule has 0 fully saturated rings. The second kappa shape index (κ2) is 4.66. The first-order chi connectivity index (χ1) is 6.91. The minimum atomic E-state index is -0.925. The van der Waals surface area contributed by atoms with E-state index in [1.54, 1.807) is 0 Å². The van der Waals surface area contributed by atoms with Gasteiger partial charge in [0.2, 0.25) is 0 Å². The molecule has 1 aromatic rings. The number of benzene rings is 1. The molecule has 1 aromatic carbocycles. The van der Waals surface area contributed by atoms with Gasteiger partial charge in [0.15, 0.2) is 0 Å². The summed E-state index contributed by atoms with van der Waals surface area (Å²) in [4.78, 5) is 0. The highest BCUT2D eigenvalue weighted by atomic mass is 19.1. The van der Waals surface area contributed by atoms with Crippen LogP contribution in [0.3, 0.4) is 0 Å². The lowest BCUT2D eigenvalue weighted by Gasteiger charge is -2.15. The van der Waals surface area contributed by atoms with Crippen LogP contribution in [0.4, 0.5) is 13.2 Å². The summed E-state index contributed by atoms with van der Waals surface area (Å²) >= 11 is 0. The summed E-state index contributed by atoms with van der Waals surface area (Å²) in [5, 5.41) is 0. The third-order valence-electron chi connectivity index (χ3n) is 2.14. The predicted molar refractivity (Wildman–Crippen MR) is 52.7 cm³/mol. The Morgan fingerprint density at radius 3 is 2.00 bits per heavy atom. The van der Waals surface area contributed by atoms with E-state index in [1.165, 1.54) is 0 Å². The number of hydrogen-bond donors (Lipinski definition) is 1. The fraction of sp³-hybridized carbons (Fsp3) is 0.455. The number of rotatable bonds is 3. The summed E-state index contributed by atoms with van der Waals surface area (Å²) in [6.07, 6.45) is 0.458. The fourth-order valence-corrected chi connectivity index (χ4v) is 1.53. The molecule has 1 atom stereocenters. The average Bonchev–Trinajstić information content (AvgIpc) is 1.99. The molecule has 0 spiro atoms. The normalized spacial score (nSPS) is 13.3. The van der Waals surface area contributed by atoms with Crippen molar-refractivity contribution in [3.05, 3.63) is 35.1 Å². The maximum Gasteiger partial charge on any atom is 0.133 e. The van der Waals surface area contributed by atoms with E-state index >= 15 is 0 Å². The summed E-state index contributed by atoms with van der Waals surface area (Å²) < 4.78 is 39.1. The van der Waals surface area contributed by atoms with E-state index in [1.807, 2.05) is 13.8 Å². The lowest BCUT2D eigenvalue weighted by molar-refractivity contribution is 0.455. The average molecular weight is 217 g/mol. The molecule has 84 valence electrons. The molecular formula is C11H14F3N. The van der Waals surface area contributed by atoms with Crippen LogP contribution in [-0.2, 0) is 0 Å². The highest BCUT2D eigenvalue weighted by Crippen LogP contribution is 2.24. The summed E-state index contributed by atoms with van der Waals surface area (Å²) in [6.45, 7) is 3.80. The quantitative estimate of drug-likeness (QED) is 0.826. The Morgan fingerprint density at radius 2 is 1.60 bits per heavy atom. The van der Waals surface area contributed by atoms with Crippen molar-refractivity contribution in [2.24, 2.45) is 11.7 Å². The summed E-state index contributed by atoms with van der Waals surface area (Å²) in [7, 11) is 0. The van der Waals surface area contributed by atoms with Gasteiger partial charge < -0.3 is 5.73 Å². The van der Waals surface area contributed by atoms with Crippen molar-refractivity contribution in [3.63, 3.8) is 0 Å². The molecule has 0 radical (unpaired) electrons. The molecule has 0 bridgehead atoms. The molecule has 0 saturated carbocycles. The molecule has 0 unspecified atom stereocenters. The van der Waals surface area contributed by atoms with Crippen molar-refractivity contribution in [2.75, 3.05) is 0 Å². The number of hydrogen-bond acceptors (Lipinski definition) is 1. The lowest BCUT2D eigenvalue weighted by Crippen LogP contribution is -2.16. The molecule has 0 aliphatic heterocycles. The topological polar surface area (TPSA) is 26.0 Å². The van der Waals surface area contributed by atoms with Gasteiger partial charge in [0.1, 0.15) is 17.5 Å². The first-order valence-corrected chi connectivity index (χ1v) is 4.81. The maximum absolute atomic E-state index is 13.3. The van der Waals surface area contributed by atoms with Crippen LogP contribution in [0.5, 0.6) is 0 Å². The van der Waals surface area contributed by atoms with Crippen molar-refractivity contribution in [2.45, 2.75) is 26.3 Å². The van der Waals surface area contributed by atoms with Gasteiger partial charge in [-0.1, -0.05) is 13.8 Å². The van der Waals surface area contributed by atoms with Crippen LogP contribution in [-0.4, -0.2) is 0 Å². The molecule has 1 rings (SSSR count). The Morgan fingerprint density at radius 1 is 1.13 bits per heavy atom. The van der Waals surface area contributed by atoms with Gasteiger partial charge in [-0.15, -0.1) is 0 Å². The second-order valence-electron chi connectivity index (χ2n) is 4.02. The van der Waals surface area contributed by atoms with Gasteiger partial charge in [0, 0.05) is 23.7 Å². The molecule has 1 nitrogen and oxygen atoms in total. The summed E-state index contributed by atoms with van der Waals surface area (Å²) in [5.41, 5.74) is 5.41. The zero-order valence-electron chi connectivity index (χ0n) is 8.73. The molecular weight excluding hydrogens is 203 g/mol. The first kappa shape index (κ1) is 12.0. The van der Waals surface area contributed by atoms with Crippen LogP contribution >= 0.6 is 0 Å². The van der Waals surface area contributed by atoms with Crippen LogP contribution in [0, 0.1) is 23.4 Å². The maximum atomic E-state index is 13.3. The molecule has 0 aromatic heterocycles. The molecule has 0 heterocycles. The second-order valence-corrected chi connectivity index (χ2v) is 4.02. The Hall–Kier alpha value is -1.03. The molecule has 15 heavy (non-hydrogen) atoms. The molecule has 2 N–H and O–H groups in total. The van der Waals surface area contributed by atoms with Crippen molar-refractivity contribution in [1.29, 1.82) is 0 Å². The fourth-order valence-electron chi connectivity index (χ4n) is 1.53. The van der Waals surface area contributed by atoms with E-state index in [4.69, 9.17) is 5.73 Å². The van der Waals surface area contributed by atoms with E-state index < -0.39 is 23.5 Å². The monoisotopic (exact) mass is 217 g/mol. The van der Waals surface area contributed by atoms with Gasteiger partial charge in [-0.3, -0.25) is 0 Å². The van der Waals surface area contributed by atoms with E-state index in [0.717, 1.165) is 0 Å². The van der Waals surface area contributed by atoms with Crippen LogP contribution in [0.1, 0.15) is 31.9 Å². The van der Waals surface area contributed by atoms with Crippen molar-refractivity contribution >= 4 is 0 Å². The molecule has 4 heteroatoms. The molecule has 0 amide bonds. The molecule has 0 aliphatic rings. The van der Waals surface area contributed by atoms with E-state index in [-0.39, 0.29) is 11.5 Å². The van der Waals surface area contributed by atoms with Gasteiger partial charge in [0.25, 0.3) is 0 Å². The summed E-state index contributed by atoms with van der Waals surface area (Å²) in [5.74, 6) is -2.53. The van der Waals surface area contributed by atoms with Crippen LogP contribution in [0.25, 0.3) is 0 Å². The van der Waals surface area contributed by atoms with Crippen LogP contribution in [0.2, 0.25) is 0 Å². The zero-order valence-corrected chi connectivity index (χ0v) is 8.73. The largest absolute Gasteiger partial charge is 0.324 e. The minimum Gasteiger partial charge on any atom is -0.324 e. The highest BCUT2D eigenvalue weighted by Gasteiger charge is 2.18.